The second-order valence-electron chi connectivity index (χ2n) is 6.21. The Bertz CT molecular complexity index is 698. The van der Waals surface area contributed by atoms with Crippen LogP contribution in [0.4, 0.5) is 4.79 Å². The zero-order valence-electron chi connectivity index (χ0n) is 14.8. The highest BCUT2D eigenvalue weighted by Crippen LogP contribution is 2.26. The fraction of sp³-hybridized carbons (Fsp3) is 0.368. The lowest BCUT2D eigenvalue weighted by Gasteiger charge is -2.19. The van der Waals surface area contributed by atoms with Crippen LogP contribution in [-0.2, 0) is 4.79 Å². The number of benzene rings is 1. The molecule has 1 aromatic heterocycles. The molecule has 0 radical (unpaired) electrons. The minimum Gasteiger partial charge on any atom is -0.354 e. The van der Waals surface area contributed by atoms with Gasteiger partial charge in [-0.2, -0.15) is 0 Å². The van der Waals surface area contributed by atoms with Crippen LogP contribution >= 0.6 is 11.3 Å². The quantitative estimate of drug-likeness (QED) is 0.664. The molecule has 0 spiro atoms. The van der Waals surface area contributed by atoms with Gasteiger partial charge in [-0.1, -0.05) is 49.7 Å². The van der Waals surface area contributed by atoms with Gasteiger partial charge in [0.15, 0.2) is 0 Å². The van der Waals surface area contributed by atoms with E-state index < -0.39 is 0 Å². The van der Waals surface area contributed by atoms with Crippen LogP contribution in [0.1, 0.15) is 35.9 Å². The van der Waals surface area contributed by atoms with Gasteiger partial charge in [0.25, 0.3) is 0 Å². The highest BCUT2D eigenvalue weighted by atomic mass is 32.1. The van der Waals surface area contributed by atoms with Gasteiger partial charge in [0.05, 0.1) is 6.04 Å². The Labute approximate surface area is 152 Å². The molecule has 0 saturated heterocycles. The van der Waals surface area contributed by atoms with Crippen molar-refractivity contribution in [1.29, 1.82) is 0 Å². The van der Waals surface area contributed by atoms with Gasteiger partial charge in [0.1, 0.15) is 0 Å². The second kappa shape index (κ2) is 9.22. The Hall–Kier alpha value is -2.34. The average molecular weight is 359 g/mol. The van der Waals surface area contributed by atoms with E-state index in [2.05, 4.69) is 22.0 Å². The Morgan fingerprint density at radius 3 is 2.48 bits per heavy atom. The van der Waals surface area contributed by atoms with Gasteiger partial charge in [0.2, 0.25) is 5.91 Å². The van der Waals surface area contributed by atoms with E-state index in [9.17, 15) is 9.59 Å². The van der Waals surface area contributed by atoms with Crippen LogP contribution in [0, 0.1) is 12.8 Å². The van der Waals surface area contributed by atoms with Crippen molar-refractivity contribution in [2.24, 2.45) is 5.92 Å². The smallest absolute Gasteiger partial charge is 0.315 e. The van der Waals surface area contributed by atoms with E-state index >= 15 is 0 Å². The maximum absolute atomic E-state index is 12.3. The number of carbonyl (C=O) groups excluding carboxylic acids is 2. The topological polar surface area (TPSA) is 70.2 Å². The average Bonchev–Trinajstić information content (AvgIpc) is 3.10. The van der Waals surface area contributed by atoms with Crippen LogP contribution in [0.15, 0.2) is 41.8 Å². The highest BCUT2D eigenvalue weighted by Gasteiger charge is 2.17. The Morgan fingerprint density at radius 1 is 1.08 bits per heavy atom. The second-order valence-corrected chi connectivity index (χ2v) is 7.19. The van der Waals surface area contributed by atoms with Crippen LogP contribution in [0.5, 0.6) is 0 Å². The molecule has 0 saturated carbocycles. The molecule has 0 aliphatic heterocycles. The van der Waals surface area contributed by atoms with Gasteiger partial charge in [-0.3, -0.25) is 4.79 Å². The van der Waals surface area contributed by atoms with E-state index in [0.29, 0.717) is 13.1 Å². The third kappa shape index (κ3) is 5.90. The zero-order chi connectivity index (χ0) is 18.2. The van der Waals surface area contributed by atoms with Crippen LogP contribution in [0.25, 0.3) is 0 Å². The lowest BCUT2D eigenvalue weighted by molar-refractivity contribution is -0.123. The van der Waals surface area contributed by atoms with E-state index in [4.69, 9.17) is 0 Å². The van der Waals surface area contributed by atoms with E-state index in [1.54, 1.807) is 11.3 Å². The summed E-state index contributed by atoms with van der Waals surface area (Å²) in [5.41, 5.74) is 2.20. The molecule has 0 fully saturated rings. The van der Waals surface area contributed by atoms with Crippen LogP contribution in [0.2, 0.25) is 0 Å². The largest absolute Gasteiger partial charge is 0.354 e. The first-order valence-electron chi connectivity index (χ1n) is 8.39. The minimum absolute atomic E-state index is 0.0153. The molecule has 5 nitrogen and oxygen atoms in total. The summed E-state index contributed by atoms with van der Waals surface area (Å²) in [5.74, 6) is -0.0724. The molecule has 2 rings (SSSR count). The molecule has 0 aliphatic carbocycles. The van der Waals surface area contributed by atoms with Crippen molar-refractivity contribution >= 4 is 23.3 Å². The predicted octanol–water partition coefficient (Wildman–Crippen LogP) is 3.22. The SMILES string of the molecule is Cc1cccc([C@H](NC(=O)NCCNC(=O)C(C)C)c2cccs2)c1. The first-order valence-corrected chi connectivity index (χ1v) is 9.27. The van der Waals surface area contributed by atoms with Crippen LogP contribution in [-0.4, -0.2) is 25.0 Å². The van der Waals surface area contributed by atoms with E-state index in [0.717, 1.165) is 16.0 Å². The molecule has 0 unspecified atom stereocenters. The summed E-state index contributed by atoms with van der Waals surface area (Å²) in [7, 11) is 0. The maximum atomic E-state index is 12.3. The predicted molar refractivity (Wildman–Crippen MR) is 102 cm³/mol. The fourth-order valence-electron chi connectivity index (χ4n) is 2.37. The van der Waals surface area contributed by atoms with Gasteiger partial charge >= 0.3 is 6.03 Å². The third-order valence-electron chi connectivity index (χ3n) is 3.71. The minimum atomic E-state index is -0.251. The molecule has 3 N–H and O–H groups in total. The van der Waals surface area contributed by atoms with Gasteiger partial charge < -0.3 is 16.0 Å². The van der Waals surface area contributed by atoms with Gasteiger partial charge in [0, 0.05) is 23.9 Å². The molecule has 134 valence electrons. The summed E-state index contributed by atoms with van der Waals surface area (Å²) in [5, 5.41) is 10.6. The summed E-state index contributed by atoms with van der Waals surface area (Å²) >= 11 is 1.61. The van der Waals surface area contributed by atoms with Crippen molar-refractivity contribution < 1.29 is 9.59 Å². The molecule has 3 amide bonds. The van der Waals surface area contributed by atoms with Gasteiger partial charge in [-0.25, -0.2) is 4.79 Å². The number of rotatable bonds is 7. The summed E-state index contributed by atoms with van der Waals surface area (Å²) in [6.45, 7) is 6.51. The molecule has 1 aromatic carbocycles. The first kappa shape index (κ1) is 19.0. The van der Waals surface area contributed by atoms with E-state index in [1.807, 2.05) is 56.5 Å². The lowest BCUT2D eigenvalue weighted by atomic mass is 10.0. The number of hydrogen-bond donors (Lipinski definition) is 3. The number of aryl methyl sites for hydroxylation is 1. The van der Waals surface area contributed by atoms with Crippen molar-refractivity contribution in [2.75, 3.05) is 13.1 Å². The summed E-state index contributed by atoms with van der Waals surface area (Å²) < 4.78 is 0. The highest BCUT2D eigenvalue weighted by molar-refractivity contribution is 7.10. The number of carbonyl (C=O) groups is 2. The Kier molecular flexibility index (Phi) is 7.01. The van der Waals surface area contributed by atoms with Crippen molar-refractivity contribution in [3.63, 3.8) is 0 Å². The molecular weight excluding hydrogens is 334 g/mol. The monoisotopic (exact) mass is 359 g/mol. The Balaban J connectivity index is 1.93. The number of amides is 3. The number of nitrogens with one attached hydrogen (secondary N) is 3. The first-order chi connectivity index (χ1) is 12.0. The lowest BCUT2D eigenvalue weighted by Crippen LogP contribution is -2.42. The molecule has 1 heterocycles. The number of thiophene rings is 1. The molecule has 0 bridgehead atoms. The summed E-state index contributed by atoms with van der Waals surface area (Å²) in [4.78, 5) is 24.8. The molecule has 6 heteroatoms. The van der Waals surface area contributed by atoms with Crippen molar-refractivity contribution in [2.45, 2.75) is 26.8 Å². The van der Waals surface area contributed by atoms with Gasteiger partial charge in [-0.05, 0) is 23.9 Å². The summed E-state index contributed by atoms with van der Waals surface area (Å²) in [6, 6.07) is 11.7. The maximum Gasteiger partial charge on any atom is 0.315 e. The zero-order valence-corrected chi connectivity index (χ0v) is 15.7. The number of urea groups is 1. The molecule has 2 aromatic rings. The van der Waals surface area contributed by atoms with E-state index in [1.165, 1.54) is 0 Å². The Morgan fingerprint density at radius 2 is 1.84 bits per heavy atom. The van der Waals surface area contributed by atoms with Crippen LogP contribution < -0.4 is 16.0 Å². The molecule has 1 atom stereocenters. The number of hydrogen-bond acceptors (Lipinski definition) is 3. The molecule has 25 heavy (non-hydrogen) atoms. The van der Waals surface area contributed by atoms with E-state index in [-0.39, 0.29) is 23.9 Å². The third-order valence-corrected chi connectivity index (χ3v) is 4.65. The molecule has 0 aliphatic rings. The molecular formula is C19H25N3O2S. The van der Waals surface area contributed by atoms with Crippen molar-refractivity contribution in [3.8, 4) is 0 Å². The summed E-state index contributed by atoms with van der Waals surface area (Å²) in [6.07, 6.45) is 0. The normalized spacial score (nSPS) is 11.8. The van der Waals surface area contributed by atoms with Crippen LogP contribution in [0.3, 0.4) is 0 Å². The fourth-order valence-corrected chi connectivity index (χ4v) is 3.17. The van der Waals surface area contributed by atoms with Crippen molar-refractivity contribution in [1.82, 2.24) is 16.0 Å². The standard InChI is InChI=1S/C19H25N3O2S/c1-13(2)18(23)20-9-10-21-19(24)22-17(16-8-5-11-25-16)15-7-4-6-14(3)12-15/h4-8,11-13,17H,9-10H2,1-3H3,(H,20,23)(H2,21,22,24)/t17-/m0/s1. The van der Waals surface area contributed by atoms with Gasteiger partial charge in [-0.15, -0.1) is 11.3 Å². The van der Waals surface area contributed by atoms with Crippen molar-refractivity contribution in [3.05, 3.63) is 57.8 Å².